The molecule has 104 valence electrons. The number of amides is 1. The number of carbonyl (C=O) groups is 1. The molecule has 0 aromatic heterocycles. The van der Waals surface area contributed by atoms with E-state index in [0.29, 0.717) is 22.5 Å². The first kappa shape index (κ1) is 14.7. The average Bonchev–Trinajstić information content (AvgIpc) is 2.74. The number of thiol groups is 1. The molecule has 3 nitrogen and oxygen atoms in total. The van der Waals surface area contributed by atoms with Crippen LogP contribution in [0.1, 0.15) is 17.3 Å². The fraction of sp³-hybridized carbons (Fsp3) is 0.500. The average molecular weight is 299 g/mol. The summed E-state index contributed by atoms with van der Waals surface area (Å²) in [6.45, 7) is 3.70. The number of halogens is 1. The predicted molar refractivity (Wildman–Crippen MR) is 81.2 cm³/mol. The molecular formula is C14H19ClN2OS. The Hall–Kier alpha value is -0.710. The van der Waals surface area contributed by atoms with Gasteiger partial charge in [0.05, 0.1) is 10.6 Å². The lowest BCUT2D eigenvalue weighted by atomic mass is 10.1. The highest BCUT2D eigenvalue weighted by Crippen LogP contribution is 2.26. The predicted octanol–water partition coefficient (Wildman–Crippen LogP) is 2.65. The molecule has 1 aromatic carbocycles. The van der Waals surface area contributed by atoms with Crippen LogP contribution in [-0.4, -0.2) is 48.9 Å². The number of likely N-dealkylation sites (N-methyl/N-ethyl adjacent to an activating group) is 1. The molecule has 2 rings (SSSR count). The highest BCUT2D eigenvalue weighted by Gasteiger charge is 2.34. The molecule has 1 aliphatic rings. The highest BCUT2D eigenvalue weighted by atomic mass is 35.5. The van der Waals surface area contributed by atoms with Crippen molar-refractivity contribution in [2.75, 3.05) is 27.2 Å². The molecule has 1 amide bonds. The molecule has 1 aromatic rings. The maximum Gasteiger partial charge on any atom is 0.255 e. The van der Waals surface area contributed by atoms with Crippen LogP contribution in [0, 0.1) is 5.92 Å². The van der Waals surface area contributed by atoms with Crippen molar-refractivity contribution < 1.29 is 4.79 Å². The number of carbonyl (C=O) groups excluding carboxylic acids is 1. The van der Waals surface area contributed by atoms with Crippen LogP contribution in [0.5, 0.6) is 0 Å². The van der Waals surface area contributed by atoms with Crippen molar-refractivity contribution in [3.8, 4) is 0 Å². The van der Waals surface area contributed by atoms with Gasteiger partial charge in [0.1, 0.15) is 0 Å². The summed E-state index contributed by atoms with van der Waals surface area (Å²) >= 11 is 10.4. The smallest absolute Gasteiger partial charge is 0.255 e. The Labute approximate surface area is 124 Å². The van der Waals surface area contributed by atoms with Crippen molar-refractivity contribution in [2.24, 2.45) is 5.92 Å². The molecule has 1 aliphatic heterocycles. The molecular weight excluding hydrogens is 280 g/mol. The zero-order chi connectivity index (χ0) is 14.2. The van der Waals surface area contributed by atoms with E-state index in [4.69, 9.17) is 11.6 Å². The number of rotatable bonds is 2. The second kappa shape index (κ2) is 5.73. The minimum atomic E-state index is -0.00269. The van der Waals surface area contributed by atoms with Gasteiger partial charge in [-0.25, -0.2) is 0 Å². The lowest BCUT2D eigenvalue weighted by molar-refractivity contribution is 0.0781. The highest BCUT2D eigenvalue weighted by molar-refractivity contribution is 7.80. The van der Waals surface area contributed by atoms with Gasteiger partial charge < -0.3 is 9.80 Å². The summed E-state index contributed by atoms with van der Waals surface area (Å²) in [6, 6.07) is 5.65. The number of benzene rings is 1. The lowest BCUT2D eigenvalue weighted by Crippen LogP contribution is -2.35. The van der Waals surface area contributed by atoms with Gasteiger partial charge in [0.25, 0.3) is 5.91 Å². The van der Waals surface area contributed by atoms with E-state index in [1.54, 1.807) is 18.2 Å². The number of likely N-dealkylation sites (tertiary alicyclic amines) is 1. The van der Waals surface area contributed by atoms with Gasteiger partial charge in [0.15, 0.2) is 0 Å². The molecule has 1 saturated heterocycles. The third kappa shape index (κ3) is 3.07. The first-order valence-electron chi connectivity index (χ1n) is 6.34. The zero-order valence-electron chi connectivity index (χ0n) is 11.4. The Morgan fingerprint density at radius 3 is 2.68 bits per heavy atom. The van der Waals surface area contributed by atoms with E-state index in [2.05, 4.69) is 38.5 Å². The molecule has 0 aliphatic carbocycles. The van der Waals surface area contributed by atoms with Crippen molar-refractivity contribution in [3.63, 3.8) is 0 Å². The second-order valence-electron chi connectivity index (χ2n) is 5.38. The van der Waals surface area contributed by atoms with Crippen molar-refractivity contribution in [3.05, 3.63) is 28.8 Å². The molecule has 1 fully saturated rings. The zero-order valence-corrected chi connectivity index (χ0v) is 13.1. The Morgan fingerprint density at radius 2 is 2.11 bits per heavy atom. The molecule has 19 heavy (non-hydrogen) atoms. The standard InChI is InChI=1S/C14H19ClN2OS/c1-9-7-17(8-13(9)16(2)3)14(18)11-6-10(19)4-5-12(11)15/h4-6,9,13,19H,7-8H2,1-3H3. The molecule has 0 spiro atoms. The molecule has 0 bridgehead atoms. The van der Waals surface area contributed by atoms with E-state index in [1.807, 2.05) is 4.90 Å². The van der Waals surface area contributed by atoms with E-state index in [1.165, 1.54) is 0 Å². The topological polar surface area (TPSA) is 23.6 Å². The van der Waals surface area contributed by atoms with E-state index in [9.17, 15) is 4.79 Å². The fourth-order valence-corrected chi connectivity index (χ4v) is 3.04. The van der Waals surface area contributed by atoms with Crippen LogP contribution < -0.4 is 0 Å². The summed E-state index contributed by atoms with van der Waals surface area (Å²) < 4.78 is 0. The van der Waals surface area contributed by atoms with Crippen LogP contribution in [-0.2, 0) is 0 Å². The summed E-state index contributed by atoms with van der Waals surface area (Å²) in [4.78, 5) is 17.3. The maximum absolute atomic E-state index is 12.5. The quantitative estimate of drug-likeness (QED) is 0.849. The molecule has 2 atom stereocenters. The number of hydrogen-bond donors (Lipinski definition) is 1. The van der Waals surface area contributed by atoms with Crippen molar-refractivity contribution in [1.82, 2.24) is 9.80 Å². The summed E-state index contributed by atoms with van der Waals surface area (Å²) in [7, 11) is 4.10. The van der Waals surface area contributed by atoms with Crippen molar-refractivity contribution in [1.29, 1.82) is 0 Å². The SMILES string of the molecule is CC1CN(C(=O)c2cc(S)ccc2Cl)CC1N(C)C. The lowest BCUT2D eigenvalue weighted by Gasteiger charge is -2.22. The largest absolute Gasteiger partial charge is 0.337 e. The molecule has 0 radical (unpaired) electrons. The number of hydrogen-bond acceptors (Lipinski definition) is 3. The maximum atomic E-state index is 12.5. The van der Waals surface area contributed by atoms with Crippen LogP contribution in [0.4, 0.5) is 0 Å². The normalized spacial score (nSPS) is 23.2. The molecule has 0 N–H and O–H groups in total. The Kier molecular flexibility index (Phi) is 4.43. The Bertz CT molecular complexity index is 492. The van der Waals surface area contributed by atoms with Gasteiger partial charge in [-0.1, -0.05) is 18.5 Å². The van der Waals surface area contributed by atoms with Crippen LogP contribution in [0.3, 0.4) is 0 Å². The number of nitrogens with zero attached hydrogens (tertiary/aromatic N) is 2. The van der Waals surface area contributed by atoms with Gasteiger partial charge in [-0.3, -0.25) is 4.79 Å². The van der Waals surface area contributed by atoms with E-state index < -0.39 is 0 Å². The summed E-state index contributed by atoms with van der Waals surface area (Å²) in [5.41, 5.74) is 0.542. The van der Waals surface area contributed by atoms with Gasteiger partial charge in [-0.05, 0) is 38.2 Å². The van der Waals surface area contributed by atoms with Crippen LogP contribution in [0.2, 0.25) is 5.02 Å². The first-order valence-corrected chi connectivity index (χ1v) is 7.17. The molecule has 5 heteroatoms. The van der Waals surface area contributed by atoms with Crippen LogP contribution in [0.25, 0.3) is 0 Å². The monoisotopic (exact) mass is 298 g/mol. The minimum absolute atomic E-state index is 0.00269. The third-order valence-electron chi connectivity index (χ3n) is 3.70. The summed E-state index contributed by atoms with van der Waals surface area (Å²) in [5, 5.41) is 0.490. The molecule has 0 saturated carbocycles. The van der Waals surface area contributed by atoms with Crippen LogP contribution in [0.15, 0.2) is 23.1 Å². The Morgan fingerprint density at radius 1 is 1.42 bits per heavy atom. The van der Waals surface area contributed by atoms with E-state index in [-0.39, 0.29) is 5.91 Å². The second-order valence-corrected chi connectivity index (χ2v) is 6.31. The van der Waals surface area contributed by atoms with Gasteiger partial charge in [0.2, 0.25) is 0 Å². The van der Waals surface area contributed by atoms with Gasteiger partial charge in [-0.15, -0.1) is 12.6 Å². The van der Waals surface area contributed by atoms with Gasteiger partial charge in [-0.2, -0.15) is 0 Å². The summed E-state index contributed by atoms with van der Waals surface area (Å²) in [6.07, 6.45) is 0. The van der Waals surface area contributed by atoms with E-state index in [0.717, 1.165) is 18.0 Å². The van der Waals surface area contributed by atoms with Crippen molar-refractivity contribution in [2.45, 2.75) is 17.9 Å². The Balaban J connectivity index is 2.19. The molecule has 2 unspecified atom stereocenters. The van der Waals surface area contributed by atoms with E-state index >= 15 is 0 Å². The van der Waals surface area contributed by atoms with Gasteiger partial charge in [0, 0.05) is 24.0 Å². The first-order chi connectivity index (χ1) is 8.90. The third-order valence-corrected chi connectivity index (χ3v) is 4.31. The van der Waals surface area contributed by atoms with Gasteiger partial charge >= 0.3 is 0 Å². The molecule has 1 heterocycles. The van der Waals surface area contributed by atoms with Crippen LogP contribution >= 0.6 is 24.2 Å². The van der Waals surface area contributed by atoms with Crippen molar-refractivity contribution >= 4 is 30.1 Å². The minimum Gasteiger partial charge on any atom is -0.337 e. The summed E-state index contributed by atoms with van der Waals surface area (Å²) in [5.74, 6) is 0.467. The fourth-order valence-electron chi connectivity index (χ4n) is 2.64.